The lowest BCUT2D eigenvalue weighted by molar-refractivity contribution is -0.145. The van der Waals surface area contributed by atoms with Crippen LogP contribution in [0, 0.1) is 10.8 Å². The van der Waals surface area contributed by atoms with E-state index in [1.807, 2.05) is 0 Å². The average Bonchev–Trinajstić information content (AvgIpc) is 2.44. The van der Waals surface area contributed by atoms with Crippen molar-refractivity contribution in [3.8, 4) is 0 Å². The lowest BCUT2D eigenvalue weighted by Gasteiger charge is -2.30. The minimum atomic E-state index is -0.739. The van der Waals surface area contributed by atoms with Gasteiger partial charge in [-0.05, 0) is 6.92 Å². The first-order valence-corrected chi connectivity index (χ1v) is 6.45. The van der Waals surface area contributed by atoms with Gasteiger partial charge < -0.3 is 24.8 Å². The van der Waals surface area contributed by atoms with Crippen LogP contribution in [-0.4, -0.2) is 60.9 Å². The molecule has 0 spiro atoms. The molecule has 6 nitrogen and oxygen atoms in total. The lowest BCUT2D eigenvalue weighted by atomic mass is 9.92. The van der Waals surface area contributed by atoms with Crippen molar-refractivity contribution >= 4 is 5.97 Å². The summed E-state index contributed by atoms with van der Waals surface area (Å²) >= 11 is 0. The van der Waals surface area contributed by atoms with Crippen molar-refractivity contribution in [3.05, 3.63) is 12.2 Å². The van der Waals surface area contributed by atoms with Crippen LogP contribution in [0.25, 0.3) is 0 Å². The normalized spacial score (nSPS) is 14.7. The van der Waals surface area contributed by atoms with E-state index in [9.17, 15) is 9.90 Å². The highest BCUT2D eigenvalue weighted by atomic mass is 16.5. The molecule has 0 aliphatic heterocycles. The third kappa shape index (κ3) is 6.47. The third-order valence-corrected chi connectivity index (χ3v) is 2.95. The summed E-state index contributed by atoms with van der Waals surface area (Å²) in [5, 5.41) is 27.7. The van der Waals surface area contributed by atoms with Gasteiger partial charge in [0.15, 0.2) is 0 Å². The summed E-state index contributed by atoms with van der Waals surface area (Å²) in [6, 6.07) is 0. The van der Waals surface area contributed by atoms with Crippen LogP contribution in [-0.2, 0) is 14.3 Å². The van der Waals surface area contributed by atoms with E-state index in [4.69, 9.17) is 19.7 Å². The average molecular weight is 290 g/mol. The predicted molar refractivity (Wildman–Crippen MR) is 74.1 cm³/mol. The zero-order valence-electron chi connectivity index (χ0n) is 12.5. The number of aliphatic hydroxyl groups is 3. The van der Waals surface area contributed by atoms with E-state index in [2.05, 4.69) is 6.58 Å². The molecule has 0 rings (SSSR count). The third-order valence-electron chi connectivity index (χ3n) is 2.95. The molecule has 118 valence electrons. The second kappa shape index (κ2) is 8.36. The van der Waals surface area contributed by atoms with Gasteiger partial charge in [-0.1, -0.05) is 20.4 Å². The van der Waals surface area contributed by atoms with Gasteiger partial charge >= 0.3 is 5.97 Å². The van der Waals surface area contributed by atoms with Gasteiger partial charge in [0, 0.05) is 16.4 Å². The van der Waals surface area contributed by atoms with E-state index in [1.54, 1.807) is 20.8 Å². The van der Waals surface area contributed by atoms with Crippen molar-refractivity contribution in [1.29, 1.82) is 0 Å². The molecule has 1 unspecified atom stereocenters. The van der Waals surface area contributed by atoms with Gasteiger partial charge in [0.05, 0.1) is 33.0 Å². The van der Waals surface area contributed by atoms with E-state index < -0.39 is 16.8 Å². The molecule has 20 heavy (non-hydrogen) atoms. The Labute approximate surface area is 120 Å². The smallest absolute Gasteiger partial charge is 0.333 e. The molecule has 0 bridgehead atoms. The molecule has 0 aliphatic carbocycles. The standard InChI is InChI=1S/C14H26O6/c1-11(2)12(18)20-10-14(4,7-17)9-19-8-13(3,5-15)6-16/h15-17H,1,5-10H2,2-4H3. The quantitative estimate of drug-likeness (QED) is 0.390. The van der Waals surface area contributed by atoms with Gasteiger partial charge in [-0.25, -0.2) is 4.79 Å². The molecule has 6 heteroatoms. The molecule has 0 aromatic rings. The monoisotopic (exact) mass is 290 g/mol. The first-order valence-electron chi connectivity index (χ1n) is 6.45. The highest BCUT2D eigenvalue weighted by Crippen LogP contribution is 2.20. The maximum Gasteiger partial charge on any atom is 0.333 e. The van der Waals surface area contributed by atoms with Crippen LogP contribution in [0.15, 0.2) is 12.2 Å². The maximum atomic E-state index is 11.3. The van der Waals surface area contributed by atoms with Crippen molar-refractivity contribution < 1.29 is 29.6 Å². The highest BCUT2D eigenvalue weighted by Gasteiger charge is 2.29. The van der Waals surface area contributed by atoms with Crippen LogP contribution in [0.2, 0.25) is 0 Å². The molecule has 0 heterocycles. The summed E-state index contributed by atoms with van der Waals surface area (Å²) in [4.78, 5) is 11.3. The zero-order chi connectivity index (χ0) is 15.8. The van der Waals surface area contributed by atoms with Crippen LogP contribution in [0.3, 0.4) is 0 Å². The lowest BCUT2D eigenvalue weighted by Crippen LogP contribution is -2.37. The molecule has 0 aliphatic rings. The van der Waals surface area contributed by atoms with Gasteiger partial charge in [-0.3, -0.25) is 0 Å². The number of carbonyl (C=O) groups excluding carboxylic acids is 1. The SMILES string of the molecule is C=C(C)C(=O)OCC(C)(CO)COCC(C)(CO)CO. The van der Waals surface area contributed by atoms with Crippen molar-refractivity contribution in [2.75, 3.05) is 39.6 Å². The Bertz CT molecular complexity index is 324. The summed E-state index contributed by atoms with van der Waals surface area (Å²) in [6.07, 6.45) is 0. The Morgan fingerprint density at radius 1 is 1.00 bits per heavy atom. The molecular formula is C14H26O6. The van der Waals surface area contributed by atoms with Crippen LogP contribution < -0.4 is 0 Å². The summed E-state index contributed by atoms with van der Waals surface area (Å²) < 4.78 is 10.5. The van der Waals surface area contributed by atoms with Crippen LogP contribution >= 0.6 is 0 Å². The van der Waals surface area contributed by atoms with E-state index in [0.717, 1.165) is 0 Å². The first kappa shape index (κ1) is 19.1. The zero-order valence-corrected chi connectivity index (χ0v) is 12.5. The Balaban J connectivity index is 4.31. The van der Waals surface area contributed by atoms with Gasteiger partial charge in [-0.2, -0.15) is 0 Å². The molecule has 3 N–H and O–H groups in total. The minimum Gasteiger partial charge on any atom is -0.462 e. The maximum absolute atomic E-state index is 11.3. The Kier molecular flexibility index (Phi) is 7.96. The van der Waals surface area contributed by atoms with Gasteiger partial charge in [0.2, 0.25) is 0 Å². The number of rotatable bonds is 10. The number of hydrogen-bond acceptors (Lipinski definition) is 6. The first-order chi connectivity index (χ1) is 9.22. The molecule has 0 aromatic heterocycles. The Hall–Kier alpha value is -0.950. The minimum absolute atomic E-state index is 0.00412. The number of esters is 1. The fourth-order valence-electron chi connectivity index (χ4n) is 1.18. The second-order valence-electron chi connectivity index (χ2n) is 5.94. The van der Waals surface area contributed by atoms with Crippen LogP contribution in [0.5, 0.6) is 0 Å². The van der Waals surface area contributed by atoms with E-state index in [0.29, 0.717) is 5.57 Å². The summed E-state index contributed by atoms with van der Waals surface area (Å²) in [5.41, 5.74) is -1.18. The second-order valence-corrected chi connectivity index (χ2v) is 5.94. The molecule has 0 saturated carbocycles. The molecular weight excluding hydrogens is 264 g/mol. The number of carbonyl (C=O) groups is 1. The van der Waals surface area contributed by atoms with Crippen molar-refractivity contribution in [1.82, 2.24) is 0 Å². The summed E-state index contributed by atoms with van der Waals surface area (Å²) in [7, 11) is 0. The van der Waals surface area contributed by atoms with Crippen LogP contribution in [0.4, 0.5) is 0 Å². The molecule has 0 radical (unpaired) electrons. The molecule has 0 fully saturated rings. The van der Waals surface area contributed by atoms with Crippen molar-refractivity contribution in [2.45, 2.75) is 20.8 Å². The molecule has 1 atom stereocenters. The van der Waals surface area contributed by atoms with E-state index in [-0.39, 0.29) is 39.6 Å². The van der Waals surface area contributed by atoms with Crippen molar-refractivity contribution in [3.63, 3.8) is 0 Å². The summed E-state index contributed by atoms with van der Waals surface area (Å²) in [6.45, 7) is 8.08. The molecule has 0 saturated heterocycles. The van der Waals surface area contributed by atoms with Gasteiger partial charge in [0.25, 0.3) is 0 Å². The topological polar surface area (TPSA) is 96.2 Å². The molecule has 0 amide bonds. The number of aliphatic hydroxyl groups excluding tert-OH is 3. The molecule has 0 aromatic carbocycles. The number of hydrogen-bond donors (Lipinski definition) is 3. The fraction of sp³-hybridized carbons (Fsp3) is 0.786. The van der Waals surface area contributed by atoms with E-state index >= 15 is 0 Å². The number of ether oxygens (including phenoxy) is 2. The fourth-order valence-corrected chi connectivity index (χ4v) is 1.18. The summed E-state index contributed by atoms with van der Waals surface area (Å²) in [5.74, 6) is -0.514. The Morgan fingerprint density at radius 3 is 1.85 bits per heavy atom. The predicted octanol–water partition coefficient (Wildman–Crippen LogP) is 0.112. The largest absolute Gasteiger partial charge is 0.462 e. The Morgan fingerprint density at radius 2 is 1.45 bits per heavy atom. The van der Waals surface area contributed by atoms with Gasteiger partial charge in [0.1, 0.15) is 6.61 Å². The van der Waals surface area contributed by atoms with E-state index in [1.165, 1.54) is 0 Å². The highest BCUT2D eigenvalue weighted by molar-refractivity contribution is 5.86. The van der Waals surface area contributed by atoms with Crippen LogP contribution in [0.1, 0.15) is 20.8 Å². The van der Waals surface area contributed by atoms with Gasteiger partial charge in [-0.15, -0.1) is 0 Å². The van der Waals surface area contributed by atoms with Crippen molar-refractivity contribution in [2.24, 2.45) is 10.8 Å².